The molecule has 0 unspecified atom stereocenters. The number of aromatic nitrogens is 1. The van der Waals surface area contributed by atoms with E-state index in [2.05, 4.69) is 15.2 Å². The van der Waals surface area contributed by atoms with Crippen LogP contribution in [-0.2, 0) is 0 Å². The maximum atomic E-state index is 11.2. The molecule has 3 aromatic rings. The highest BCUT2D eigenvalue weighted by molar-refractivity contribution is 6.33. The van der Waals surface area contributed by atoms with E-state index in [9.17, 15) is 4.79 Å². The lowest BCUT2D eigenvalue weighted by Crippen LogP contribution is -2.46. The number of amides is 1. The van der Waals surface area contributed by atoms with Gasteiger partial charge in [-0.2, -0.15) is 0 Å². The van der Waals surface area contributed by atoms with Crippen molar-refractivity contribution in [2.75, 3.05) is 57.6 Å². The van der Waals surface area contributed by atoms with E-state index in [0.29, 0.717) is 23.0 Å². The number of aliphatic hydroxyl groups is 2. The zero-order valence-electron chi connectivity index (χ0n) is 21.8. The molecule has 4 rings (SSSR count). The van der Waals surface area contributed by atoms with E-state index in [4.69, 9.17) is 38.2 Å². The Hall–Kier alpha value is -2.88. The molecule has 38 heavy (non-hydrogen) atoms. The number of benzene rings is 2. The van der Waals surface area contributed by atoms with Crippen molar-refractivity contribution in [3.63, 3.8) is 0 Å². The van der Waals surface area contributed by atoms with E-state index in [0.717, 1.165) is 42.5 Å². The predicted molar refractivity (Wildman–Crippen MR) is 153 cm³/mol. The summed E-state index contributed by atoms with van der Waals surface area (Å²) in [5.41, 5.74) is 2.51. The van der Waals surface area contributed by atoms with Crippen LogP contribution in [0.2, 0.25) is 10.0 Å². The second kappa shape index (κ2) is 17.6. The lowest BCUT2D eigenvalue weighted by atomic mass is 10.2. The number of nitrogens with zero attached hydrogens (tertiary/aromatic N) is 3. The second-order valence-corrected chi connectivity index (χ2v) is 9.15. The van der Waals surface area contributed by atoms with Gasteiger partial charge in [0.1, 0.15) is 18.1 Å². The Labute approximate surface area is 234 Å². The third-order valence-corrected chi connectivity index (χ3v) is 5.96. The summed E-state index contributed by atoms with van der Waals surface area (Å²) in [6.45, 7) is 8.16. The van der Waals surface area contributed by atoms with Gasteiger partial charge in [0.2, 0.25) is 0 Å². The molecule has 3 N–H and O–H groups in total. The first kappa shape index (κ1) is 31.3. The van der Waals surface area contributed by atoms with Crippen LogP contribution in [0.15, 0.2) is 66.9 Å². The minimum Gasteiger partial charge on any atom is -0.491 e. The Morgan fingerprint density at radius 3 is 2.24 bits per heavy atom. The number of rotatable bonds is 7. The molecule has 206 valence electrons. The Kier molecular flexibility index (Phi) is 14.5. The highest BCUT2D eigenvalue weighted by Gasteiger charge is 2.18. The molecular formula is C28H36Cl2N4O4. The molecule has 1 aromatic heterocycles. The van der Waals surface area contributed by atoms with Crippen LogP contribution in [0.5, 0.6) is 5.75 Å². The van der Waals surface area contributed by atoms with Crippen molar-refractivity contribution < 1.29 is 19.7 Å². The topological polar surface area (TPSA) is 98.2 Å². The van der Waals surface area contributed by atoms with Gasteiger partial charge in [0.15, 0.2) is 0 Å². The van der Waals surface area contributed by atoms with Crippen LogP contribution in [0, 0.1) is 6.92 Å². The average molecular weight is 564 g/mol. The van der Waals surface area contributed by atoms with E-state index < -0.39 is 0 Å². The van der Waals surface area contributed by atoms with Gasteiger partial charge in [0.25, 0.3) is 5.91 Å². The lowest BCUT2D eigenvalue weighted by Gasteiger charge is -2.35. The van der Waals surface area contributed by atoms with Crippen LogP contribution < -0.4 is 15.0 Å². The van der Waals surface area contributed by atoms with Gasteiger partial charge in [-0.3, -0.25) is 14.7 Å². The second-order valence-electron chi connectivity index (χ2n) is 8.31. The molecule has 0 atom stereocenters. The largest absolute Gasteiger partial charge is 0.491 e. The molecule has 1 aliphatic rings. The van der Waals surface area contributed by atoms with Crippen molar-refractivity contribution in [2.45, 2.75) is 13.8 Å². The fraction of sp³-hybridized carbons (Fsp3) is 0.357. The molecule has 8 nitrogen and oxygen atoms in total. The minimum atomic E-state index is -0.113. The van der Waals surface area contributed by atoms with Gasteiger partial charge in [-0.25, -0.2) is 0 Å². The van der Waals surface area contributed by atoms with E-state index in [-0.39, 0.29) is 25.9 Å². The highest BCUT2D eigenvalue weighted by Crippen LogP contribution is 2.30. The molecular weight excluding hydrogens is 527 g/mol. The highest BCUT2D eigenvalue weighted by atomic mass is 35.5. The molecule has 2 aromatic carbocycles. The number of hydrogen-bond donors (Lipinski definition) is 3. The van der Waals surface area contributed by atoms with Crippen molar-refractivity contribution in [2.24, 2.45) is 0 Å². The predicted octanol–water partition coefficient (Wildman–Crippen LogP) is 4.26. The van der Waals surface area contributed by atoms with Crippen LogP contribution in [0.25, 0.3) is 0 Å². The standard InChI is InChI=1S/C13H19ClN2O3.C9H12N2O.C6H5Cl/c14-12-9-11(19-8-7-17)1-2-13(12)16-5-3-15(10-18)4-6-16;1-3-10-9(12)8-5-4-7(2)6-11-8;7-6-4-2-1-3-5-6/h1-2,9,17-18H,3-8,10H2;4-6H,3H2,1-2H3,(H,10,12);1-5H. The summed E-state index contributed by atoms with van der Waals surface area (Å²) >= 11 is 11.8. The van der Waals surface area contributed by atoms with Crippen molar-refractivity contribution in [3.05, 3.63) is 88.2 Å². The Morgan fingerprint density at radius 1 is 1.03 bits per heavy atom. The first-order valence-electron chi connectivity index (χ1n) is 12.4. The summed E-state index contributed by atoms with van der Waals surface area (Å²) < 4.78 is 5.32. The zero-order chi connectivity index (χ0) is 27.8. The smallest absolute Gasteiger partial charge is 0.269 e. The van der Waals surface area contributed by atoms with Gasteiger partial charge in [0, 0.05) is 50.0 Å². The minimum absolute atomic E-state index is 0.0114. The first-order chi connectivity index (χ1) is 18.4. The van der Waals surface area contributed by atoms with Crippen molar-refractivity contribution in [3.8, 4) is 5.75 Å². The van der Waals surface area contributed by atoms with E-state index >= 15 is 0 Å². The van der Waals surface area contributed by atoms with Gasteiger partial charge in [-0.05, 0) is 49.7 Å². The summed E-state index contributed by atoms with van der Waals surface area (Å²) in [6, 6.07) is 18.6. The molecule has 0 spiro atoms. The number of hydrogen-bond acceptors (Lipinski definition) is 7. The summed E-state index contributed by atoms with van der Waals surface area (Å²) in [4.78, 5) is 19.4. The van der Waals surface area contributed by atoms with Gasteiger partial charge in [-0.1, -0.05) is 47.5 Å². The maximum absolute atomic E-state index is 11.2. The van der Waals surface area contributed by atoms with Crippen LogP contribution in [0.1, 0.15) is 23.0 Å². The van der Waals surface area contributed by atoms with Gasteiger partial charge in [-0.15, -0.1) is 0 Å². The van der Waals surface area contributed by atoms with Gasteiger partial charge in [0.05, 0.1) is 24.0 Å². The summed E-state index contributed by atoms with van der Waals surface area (Å²) in [6.07, 6.45) is 1.69. The van der Waals surface area contributed by atoms with Crippen LogP contribution in [-0.4, -0.2) is 78.7 Å². The fourth-order valence-electron chi connectivity index (χ4n) is 3.40. The number of anilines is 1. The van der Waals surface area contributed by atoms with E-state index in [1.807, 2.05) is 67.3 Å². The molecule has 1 saturated heterocycles. The zero-order valence-corrected chi connectivity index (χ0v) is 23.3. The lowest BCUT2D eigenvalue weighted by molar-refractivity contribution is 0.0950. The molecule has 0 aliphatic carbocycles. The van der Waals surface area contributed by atoms with Crippen molar-refractivity contribution in [1.82, 2.24) is 15.2 Å². The number of carbonyl (C=O) groups excluding carboxylic acids is 1. The molecule has 1 aliphatic heterocycles. The SMILES string of the molecule is CCNC(=O)c1ccc(C)cn1.Clc1ccccc1.OCCOc1ccc(N2CCN(CO)CC2)c(Cl)c1. The maximum Gasteiger partial charge on any atom is 0.269 e. The number of aryl methyl sites for hydroxylation is 1. The third kappa shape index (κ3) is 11.2. The monoisotopic (exact) mass is 562 g/mol. The molecule has 0 bridgehead atoms. The van der Waals surface area contributed by atoms with Crippen LogP contribution in [0.3, 0.4) is 0 Å². The van der Waals surface area contributed by atoms with Crippen LogP contribution in [0.4, 0.5) is 5.69 Å². The molecule has 1 amide bonds. The number of ether oxygens (including phenoxy) is 1. The molecule has 10 heteroatoms. The first-order valence-corrected chi connectivity index (χ1v) is 13.2. The quantitative estimate of drug-likeness (QED) is 0.395. The van der Waals surface area contributed by atoms with Crippen LogP contribution >= 0.6 is 23.2 Å². The van der Waals surface area contributed by atoms with Crippen molar-refractivity contribution in [1.29, 1.82) is 0 Å². The van der Waals surface area contributed by atoms with Gasteiger partial charge >= 0.3 is 0 Å². The van der Waals surface area contributed by atoms with Gasteiger partial charge < -0.3 is 25.2 Å². The molecule has 1 fully saturated rings. The van der Waals surface area contributed by atoms with E-state index in [1.54, 1.807) is 18.3 Å². The number of aliphatic hydroxyl groups excluding tert-OH is 2. The summed E-state index contributed by atoms with van der Waals surface area (Å²) in [7, 11) is 0. The third-order valence-electron chi connectivity index (χ3n) is 5.41. The normalized spacial score (nSPS) is 12.9. The molecule has 2 heterocycles. The molecule has 0 radical (unpaired) electrons. The Morgan fingerprint density at radius 2 is 1.74 bits per heavy atom. The number of nitrogens with one attached hydrogen (secondary N) is 1. The number of piperazine rings is 1. The Bertz CT molecular complexity index is 1080. The van der Waals surface area contributed by atoms with Crippen molar-refractivity contribution >= 4 is 34.8 Å². The van der Waals surface area contributed by atoms with E-state index in [1.165, 1.54) is 0 Å². The molecule has 0 saturated carbocycles. The number of carbonyl (C=O) groups is 1. The number of halogens is 2. The average Bonchev–Trinajstić information content (AvgIpc) is 2.94. The number of pyridine rings is 1. The Balaban J connectivity index is 0.000000226. The summed E-state index contributed by atoms with van der Waals surface area (Å²) in [5, 5.41) is 21.9. The summed E-state index contributed by atoms with van der Waals surface area (Å²) in [5.74, 6) is 0.550. The fourth-order valence-corrected chi connectivity index (χ4v) is 3.83.